The minimum absolute atomic E-state index is 0.297. The Kier molecular flexibility index (Phi) is 2.62. The van der Waals surface area contributed by atoms with Gasteiger partial charge in [0.25, 0.3) is 0 Å². The van der Waals surface area contributed by atoms with E-state index in [1.165, 1.54) is 0 Å². The smallest absolute Gasteiger partial charge is 0.358 e. The highest BCUT2D eigenvalue weighted by Crippen LogP contribution is 2.21. The lowest BCUT2D eigenvalue weighted by Crippen LogP contribution is -2.18. The molecule has 1 aromatic rings. The second-order valence-corrected chi connectivity index (χ2v) is 3.59. The fraction of sp³-hybridized carbons (Fsp3) is 0.600. The van der Waals surface area contributed by atoms with Crippen LogP contribution in [0.25, 0.3) is 0 Å². The summed E-state index contributed by atoms with van der Waals surface area (Å²) in [6, 6.07) is 0. The van der Waals surface area contributed by atoms with E-state index in [9.17, 15) is 4.79 Å². The number of esters is 1. The van der Waals surface area contributed by atoms with Crippen molar-refractivity contribution in [3.05, 3.63) is 11.5 Å². The predicted octanol–water partition coefficient (Wildman–Crippen LogP) is 0.978. The topological polar surface area (TPSA) is 70.1 Å². The molecule has 0 spiro atoms. The molecule has 1 aliphatic rings. The lowest BCUT2D eigenvalue weighted by Gasteiger charge is -2.15. The number of nitrogen functional groups attached to an aromatic ring is 1. The number of nitrogens with two attached hydrogens (primary N) is 1. The normalized spacial score (nSPS) is 14.7. The summed E-state index contributed by atoms with van der Waals surface area (Å²) in [6.07, 6.45) is 3.07. The number of rotatable bonds is 2. The minimum atomic E-state index is -0.365. The number of carbonyl (C=O) groups is 1. The highest BCUT2D eigenvalue weighted by molar-refractivity contribution is 5.92. The summed E-state index contributed by atoms with van der Waals surface area (Å²) >= 11 is 0. The first-order valence-corrected chi connectivity index (χ1v) is 5.26. The molecule has 1 aromatic heterocycles. The maximum Gasteiger partial charge on any atom is 0.358 e. The Morgan fingerprint density at radius 3 is 3.13 bits per heavy atom. The Bertz CT molecular complexity index is 384. The Hall–Kier alpha value is -1.52. The van der Waals surface area contributed by atoms with Gasteiger partial charge >= 0.3 is 5.97 Å². The molecule has 0 atom stereocenters. The minimum Gasteiger partial charge on any atom is -0.461 e. The molecule has 0 aliphatic carbocycles. The van der Waals surface area contributed by atoms with Crippen molar-refractivity contribution in [3.63, 3.8) is 0 Å². The summed E-state index contributed by atoms with van der Waals surface area (Å²) in [5, 5.41) is 0. The quantitative estimate of drug-likeness (QED) is 0.737. The van der Waals surface area contributed by atoms with Crippen molar-refractivity contribution < 1.29 is 9.53 Å². The molecule has 0 aromatic carbocycles. The number of imidazole rings is 1. The van der Waals surface area contributed by atoms with Crippen LogP contribution >= 0.6 is 0 Å². The van der Waals surface area contributed by atoms with Gasteiger partial charge in [0.1, 0.15) is 5.82 Å². The third kappa shape index (κ3) is 1.69. The van der Waals surface area contributed by atoms with Gasteiger partial charge in [0.05, 0.1) is 6.61 Å². The standard InChI is InChI=1S/C10H15N3O2/c1-2-15-10(14)8-9(11)12-7-5-3-4-6-13(7)8/h2-6,11H2,1H3. The molecule has 0 amide bonds. The van der Waals surface area contributed by atoms with Crippen molar-refractivity contribution in [3.8, 4) is 0 Å². The maximum atomic E-state index is 11.6. The van der Waals surface area contributed by atoms with Crippen LogP contribution < -0.4 is 5.73 Å². The Labute approximate surface area is 88.2 Å². The van der Waals surface area contributed by atoms with Crippen molar-refractivity contribution in [2.24, 2.45) is 0 Å². The Morgan fingerprint density at radius 1 is 1.60 bits per heavy atom. The SMILES string of the molecule is CCOC(=O)c1c(N)nc2n1CCCC2. The van der Waals surface area contributed by atoms with Gasteiger partial charge < -0.3 is 15.0 Å². The molecule has 0 unspecified atom stereocenters. The van der Waals surface area contributed by atoms with Crippen molar-refractivity contribution in [2.75, 3.05) is 12.3 Å². The van der Waals surface area contributed by atoms with E-state index in [2.05, 4.69) is 4.98 Å². The number of nitrogens with zero attached hydrogens (tertiary/aromatic N) is 2. The van der Waals surface area contributed by atoms with E-state index in [0.717, 1.165) is 31.6 Å². The van der Waals surface area contributed by atoms with Gasteiger partial charge in [0.2, 0.25) is 0 Å². The molecule has 0 bridgehead atoms. The molecule has 2 heterocycles. The fourth-order valence-electron chi connectivity index (χ4n) is 1.92. The van der Waals surface area contributed by atoms with Gasteiger partial charge in [-0.25, -0.2) is 9.78 Å². The summed E-state index contributed by atoms with van der Waals surface area (Å²) in [5.74, 6) is 0.836. The van der Waals surface area contributed by atoms with E-state index in [4.69, 9.17) is 10.5 Å². The van der Waals surface area contributed by atoms with Gasteiger partial charge in [-0.2, -0.15) is 0 Å². The van der Waals surface area contributed by atoms with Crippen LogP contribution in [0.5, 0.6) is 0 Å². The molecule has 82 valence electrons. The molecule has 1 aliphatic heterocycles. The molecule has 0 saturated carbocycles. The van der Waals surface area contributed by atoms with E-state index >= 15 is 0 Å². The largest absolute Gasteiger partial charge is 0.461 e. The number of anilines is 1. The van der Waals surface area contributed by atoms with Crippen LogP contribution in [-0.4, -0.2) is 22.1 Å². The monoisotopic (exact) mass is 209 g/mol. The van der Waals surface area contributed by atoms with Gasteiger partial charge in [0, 0.05) is 13.0 Å². The van der Waals surface area contributed by atoms with E-state index in [0.29, 0.717) is 18.1 Å². The first-order chi connectivity index (χ1) is 7.24. The van der Waals surface area contributed by atoms with Crippen LogP contribution in [0, 0.1) is 0 Å². The highest BCUT2D eigenvalue weighted by atomic mass is 16.5. The molecule has 2 N–H and O–H groups in total. The molecular formula is C10H15N3O2. The molecular weight excluding hydrogens is 194 g/mol. The van der Waals surface area contributed by atoms with Crippen molar-refractivity contribution in [1.82, 2.24) is 9.55 Å². The number of carbonyl (C=O) groups excluding carboxylic acids is 1. The highest BCUT2D eigenvalue weighted by Gasteiger charge is 2.23. The molecule has 15 heavy (non-hydrogen) atoms. The number of aryl methyl sites for hydroxylation is 1. The summed E-state index contributed by atoms with van der Waals surface area (Å²) in [5.41, 5.74) is 6.14. The predicted molar refractivity (Wildman–Crippen MR) is 55.5 cm³/mol. The zero-order valence-electron chi connectivity index (χ0n) is 8.82. The lowest BCUT2D eigenvalue weighted by atomic mass is 10.1. The fourth-order valence-corrected chi connectivity index (χ4v) is 1.92. The number of ether oxygens (including phenoxy) is 1. The van der Waals surface area contributed by atoms with E-state index in [-0.39, 0.29) is 5.97 Å². The van der Waals surface area contributed by atoms with Crippen LogP contribution in [0.4, 0.5) is 5.82 Å². The van der Waals surface area contributed by atoms with Gasteiger partial charge in [-0.15, -0.1) is 0 Å². The zero-order valence-corrected chi connectivity index (χ0v) is 8.82. The maximum absolute atomic E-state index is 11.6. The first-order valence-electron chi connectivity index (χ1n) is 5.26. The third-order valence-electron chi connectivity index (χ3n) is 2.57. The number of fused-ring (bicyclic) bond motifs is 1. The van der Waals surface area contributed by atoms with Crippen LogP contribution in [0.1, 0.15) is 36.1 Å². The van der Waals surface area contributed by atoms with Crippen molar-refractivity contribution in [2.45, 2.75) is 32.7 Å². The van der Waals surface area contributed by atoms with Crippen LogP contribution in [0.3, 0.4) is 0 Å². The van der Waals surface area contributed by atoms with Gasteiger partial charge in [-0.3, -0.25) is 0 Å². The van der Waals surface area contributed by atoms with Gasteiger partial charge in [0.15, 0.2) is 11.5 Å². The number of aromatic nitrogens is 2. The number of hydrogen-bond donors (Lipinski definition) is 1. The lowest BCUT2D eigenvalue weighted by molar-refractivity contribution is 0.0514. The average molecular weight is 209 g/mol. The van der Waals surface area contributed by atoms with E-state index < -0.39 is 0 Å². The second-order valence-electron chi connectivity index (χ2n) is 3.59. The van der Waals surface area contributed by atoms with E-state index in [1.54, 1.807) is 6.92 Å². The Morgan fingerprint density at radius 2 is 2.40 bits per heavy atom. The van der Waals surface area contributed by atoms with Crippen LogP contribution in [0.15, 0.2) is 0 Å². The van der Waals surface area contributed by atoms with Crippen molar-refractivity contribution >= 4 is 11.8 Å². The molecule has 5 heteroatoms. The van der Waals surface area contributed by atoms with Crippen LogP contribution in [0.2, 0.25) is 0 Å². The van der Waals surface area contributed by atoms with Crippen molar-refractivity contribution in [1.29, 1.82) is 0 Å². The molecule has 0 fully saturated rings. The first kappa shape index (κ1) is 10.0. The van der Waals surface area contributed by atoms with Gasteiger partial charge in [-0.05, 0) is 19.8 Å². The summed E-state index contributed by atoms with van der Waals surface area (Å²) in [4.78, 5) is 15.8. The Balaban J connectivity index is 2.37. The molecule has 0 radical (unpaired) electrons. The average Bonchev–Trinajstić information content (AvgIpc) is 2.54. The zero-order chi connectivity index (χ0) is 10.8. The van der Waals surface area contributed by atoms with Crippen LogP contribution in [-0.2, 0) is 17.7 Å². The summed E-state index contributed by atoms with van der Waals surface area (Å²) in [6.45, 7) is 2.95. The number of hydrogen-bond acceptors (Lipinski definition) is 4. The van der Waals surface area contributed by atoms with Gasteiger partial charge in [-0.1, -0.05) is 0 Å². The molecule has 0 saturated heterocycles. The summed E-state index contributed by atoms with van der Waals surface area (Å²) < 4.78 is 6.84. The van der Waals surface area contributed by atoms with E-state index in [1.807, 2.05) is 4.57 Å². The third-order valence-corrected chi connectivity index (χ3v) is 2.57. The summed E-state index contributed by atoms with van der Waals surface area (Å²) in [7, 11) is 0. The molecule has 2 rings (SSSR count). The molecule has 5 nitrogen and oxygen atoms in total. The second kappa shape index (κ2) is 3.92.